The summed E-state index contributed by atoms with van der Waals surface area (Å²) in [7, 11) is -3.08. The third-order valence-electron chi connectivity index (χ3n) is 3.42. The van der Waals surface area contributed by atoms with E-state index in [1.807, 2.05) is 0 Å². The Bertz CT molecular complexity index is 812. The van der Waals surface area contributed by atoms with Crippen molar-refractivity contribution in [1.82, 2.24) is 14.5 Å². The summed E-state index contributed by atoms with van der Waals surface area (Å²) in [6, 6.07) is 4.64. The molecule has 1 aliphatic rings. The Morgan fingerprint density at radius 3 is 2.96 bits per heavy atom. The van der Waals surface area contributed by atoms with Crippen LogP contribution in [0.5, 0.6) is 0 Å². The zero-order valence-electron chi connectivity index (χ0n) is 12.0. The minimum atomic E-state index is -3.08. The highest BCUT2D eigenvalue weighted by Gasteiger charge is 2.27. The first-order valence-corrected chi connectivity index (χ1v) is 10.2. The van der Waals surface area contributed by atoms with Crippen molar-refractivity contribution in [2.75, 3.05) is 30.7 Å². The molecule has 0 saturated carbocycles. The van der Waals surface area contributed by atoms with Gasteiger partial charge in [0, 0.05) is 29.7 Å². The fraction of sp³-hybridized carbons (Fsp3) is 0.385. The number of halogens is 2. The third kappa shape index (κ3) is 3.87. The number of anilines is 1. The first-order chi connectivity index (χ1) is 11.0. The van der Waals surface area contributed by atoms with Gasteiger partial charge in [-0.3, -0.25) is 0 Å². The molecule has 2 aromatic rings. The van der Waals surface area contributed by atoms with Gasteiger partial charge in [-0.2, -0.15) is 0 Å². The lowest BCUT2D eigenvalue weighted by molar-refractivity contribution is 0.456. The van der Waals surface area contributed by atoms with E-state index in [-0.39, 0.29) is 11.6 Å². The van der Waals surface area contributed by atoms with Crippen molar-refractivity contribution >= 4 is 42.4 Å². The molecule has 1 aromatic heterocycles. The second kappa shape index (κ2) is 6.80. The lowest BCUT2D eigenvalue weighted by atomic mass is 10.2. The predicted octanol–water partition coefficient (Wildman–Crippen LogP) is 2.55. The molecule has 1 aromatic carbocycles. The van der Waals surface area contributed by atoms with Crippen molar-refractivity contribution in [3.8, 4) is 10.6 Å². The second-order valence-corrected chi connectivity index (χ2v) is 9.01. The average molecular weight is 421 g/mol. The van der Waals surface area contributed by atoms with Crippen LogP contribution in [0.2, 0.25) is 0 Å². The van der Waals surface area contributed by atoms with Gasteiger partial charge in [-0.15, -0.1) is 10.2 Å². The van der Waals surface area contributed by atoms with Gasteiger partial charge in [-0.1, -0.05) is 27.3 Å². The molecule has 1 aliphatic heterocycles. The lowest BCUT2D eigenvalue weighted by Gasteiger charge is -2.13. The van der Waals surface area contributed by atoms with E-state index in [0.29, 0.717) is 41.8 Å². The minimum Gasteiger partial charge on any atom is -0.359 e. The van der Waals surface area contributed by atoms with Crippen molar-refractivity contribution in [3.05, 3.63) is 28.5 Å². The molecule has 3 rings (SSSR count). The van der Waals surface area contributed by atoms with Crippen LogP contribution in [0.1, 0.15) is 6.42 Å². The van der Waals surface area contributed by atoms with Crippen molar-refractivity contribution < 1.29 is 12.8 Å². The molecule has 0 spiro atoms. The molecule has 0 unspecified atom stereocenters. The van der Waals surface area contributed by atoms with Gasteiger partial charge >= 0.3 is 0 Å². The molecule has 1 N–H and O–H groups in total. The summed E-state index contributed by atoms with van der Waals surface area (Å²) in [6.45, 7) is 1.39. The summed E-state index contributed by atoms with van der Waals surface area (Å²) >= 11 is 4.53. The molecular weight excluding hydrogens is 407 g/mol. The summed E-state index contributed by atoms with van der Waals surface area (Å²) < 4.78 is 39.4. The van der Waals surface area contributed by atoms with Crippen LogP contribution in [-0.4, -0.2) is 48.3 Å². The monoisotopic (exact) mass is 420 g/mol. The minimum absolute atomic E-state index is 0.220. The average Bonchev–Trinajstić information content (AvgIpc) is 3.09. The molecule has 0 bridgehead atoms. The Hall–Kier alpha value is -1.10. The largest absolute Gasteiger partial charge is 0.359 e. The molecule has 0 atom stereocenters. The van der Waals surface area contributed by atoms with E-state index < -0.39 is 10.0 Å². The smallest absolute Gasteiger partial charge is 0.214 e. The van der Waals surface area contributed by atoms with Gasteiger partial charge in [-0.25, -0.2) is 17.1 Å². The molecule has 23 heavy (non-hydrogen) atoms. The van der Waals surface area contributed by atoms with Gasteiger partial charge in [0.1, 0.15) is 5.82 Å². The highest BCUT2D eigenvalue weighted by Crippen LogP contribution is 2.30. The highest BCUT2D eigenvalue weighted by atomic mass is 79.9. The van der Waals surface area contributed by atoms with Gasteiger partial charge in [-0.05, 0) is 24.6 Å². The Morgan fingerprint density at radius 1 is 1.39 bits per heavy atom. The number of rotatable bonds is 5. The van der Waals surface area contributed by atoms with Gasteiger partial charge in [0.25, 0.3) is 0 Å². The fourth-order valence-electron chi connectivity index (χ4n) is 2.29. The number of hydrogen-bond donors (Lipinski definition) is 1. The zero-order valence-corrected chi connectivity index (χ0v) is 15.2. The summed E-state index contributed by atoms with van der Waals surface area (Å²) in [5.74, 6) is -0.142. The van der Waals surface area contributed by atoms with Crippen molar-refractivity contribution in [2.45, 2.75) is 6.42 Å². The Kier molecular flexibility index (Phi) is 4.95. The van der Waals surface area contributed by atoms with E-state index >= 15 is 0 Å². The number of aromatic nitrogens is 2. The summed E-state index contributed by atoms with van der Waals surface area (Å²) in [6.07, 6.45) is 0.674. The van der Waals surface area contributed by atoms with E-state index in [1.54, 1.807) is 12.1 Å². The Labute approximate surface area is 145 Å². The molecule has 1 saturated heterocycles. The van der Waals surface area contributed by atoms with Crippen molar-refractivity contribution in [2.24, 2.45) is 0 Å². The molecule has 2 heterocycles. The maximum Gasteiger partial charge on any atom is 0.214 e. The van der Waals surface area contributed by atoms with Crippen LogP contribution in [0.3, 0.4) is 0 Å². The maximum absolute atomic E-state index is 13.8. The van der Waals surface area contributed by atoms with E-state index in [9.17, 15) is 12.8 Å². The van der Waals surface area contributed by atoms with Gasteiger partial charge in [0.2, 0.25) is 15.2 Å². The van der Waals surface area contributed by atoms with Crippen LogP contribution < -0.4 is 5.32 Å². The quantitative estimate of drug-likeness (QED) is 0.803. The number of benzene rings is 1. The normalized spacial score (nSPS) is 17.5. The van der Waals surface area contributed by atoms with Gasteiger partial charge in [0.05, 0.1) is 5.75 Å². The topological polar surface area (TPSA) is 75.2 Å². The zero-order chi connectivity index (χ0) is 16.4. The lowest BCUT2D eigenvalue weighted by Crippen LogP contribution is -2.30. The van der Waals surface area contributed by atoms with Crippen LogP contribution in [0.15, 0.2) is 22.7 Å². The standard InChI is InChI=1S/C13H14BrFN4O2S2/c14-9-2-3-11(15)10(8-9)12-17-18-13(22-12)16-4-6-19-5-1-7-23(19,20)21/h2-3,8H,1,4-7H2,(H,16,18). The summed E-state index contributed by atoms with van der Waals surface area (Å²) in [5.41, 5.74) is 0.382. The van der Waals surface area contributed by atoms with Gasteiger partial charge < -0.3 is 5.32 Å². The van der Waals surface area contributed by atoms with Crippen LogP contribution >= 0.6 is 27.3 Å². The van der Waals surface area contributed by atoms with E-state index in [1.165, 1.54) is 21.7 Å². The molecular formula is C13H14BrFN4O2S2. The molecule has 10 heteroatoms. The molecule has 0 amide bonds. The first kappa shape index (κ1) is 16.7. The fourth-order valence-corrected chi connectivity index (χ4v) is 4.97. The van der Waals surface area contributed by atoms with Crippen molar-refractivity contribution in [1.29, 1.82) is 0 Å². The van der Waals surface area contributed by atoms with E-state index in [2.05, 4.69) is 31.4 Å². The Morgan fingerprint density at radius 2 is 2.22 bits per heavy atom. The predicted molar refractivity (Wildman–Crippen MR) is 91.5 cm³/mol. The van der Waals surface area contributed by atoms with Gasteiger partial charge in [0.15, 0.2) is 5.01 Å². The molecule has 0 radical (unpaired) electrons. The van der Waals surface area contributed by atoms with E-state index in [0.717, 1.165) is 4.47 Å². The number of nitrogens with one attached hydrogen (secondary N) is 1. The Balaban J connectivity index is 1.63. The number of sulfonamides is 1. The SMILES string of the molecule is O=S1(=O)CCCN1CCNc1nnc(-c2cc(Br)ccc2F)s1. The van der Waals surface area contributed by atoms with Crippen LogP contribution in [0.25, 0.3) is 10.6 Å². The van der Waals surface area contributed by atoms with E-state index in [4.69, 9.17) is 0 Å². The van der Waals surface area contributed by atoms with Crippen LogP contribution in [0, 0.1) is 5.82 Å². The van der Waals surface area contributed by atoms with Crippen LogP contribution in [-0.2, 0) is 10.0 Å². The number of hydrogen-bond acceptors (Lipinski definition) is 6. The summed E-state index contributed by atoms with van der Waals surface area (Å²) in [5, 5.41) is 12.0. The third-order valence-corrected chi connectivity index (χ3v) is 6.79. The molecule has 124 valence electrons. The molecule has 1 fully saturated rings. The molecule has 6 nitrogen and oxygen atoms in total. The second-order valence-electron chi connectivity index (χ2n) is 5.03. The highest BCUT2D eigenvalue weighted by molar-refractivity contribution is 9.10. The maximum atomic E-state index is 13.8. The summed E-state index contributed by atoms with van der Waals surface area (Å²) in [4.78, 5) is 0. The number of nitrogens with zero attached hydrogens (tertiary/aromatic N) is 3. The first-order valence-electron chi connectivity index (χ1n) is 6.96. The van der Waals surface area contributed by atoms with Crippen LogP contribution in [0.4, 0.5) is 9.52 Å². The molecule has 0 aliphatic carbocycles. The van der Waals surface area contributed by atoms with Crippen molar-refractivity contribution in [3.63, 3.8) is 0 Å².